The smallest absolute Gasteiger partial charge is 0.167 e. The third-order valence-corrected chi connectivity index (χ3v) is 6.06. The van der Waals surface area contributed by atoms with Gasteiger partial charge in [0.15, 0.2) is 23.0 Å². The van der Waals surface area contributed by atoms with Crippen molar-refractivity contribution >= 4 is 23.1 Å². The molecule has 1 aliphatic heterocycles. The summed E-state index contributed by atoms with van der Waals surface area (Å²) in [6.45, 7) is 1.81. The van der Waals surface area contributed by atoms with Gasteiger partial charge in [0.05, 0.1) is 22.3 Å². The molecule has 2 heterocycles. The van der Waals surface area contributed by atoms with Crippen LogP contribution >= 0.6 is 0 Å². The topological polar surface area (TPSA) is 109 Å². The molecular weight excluding hydrogens is 408 g/mol. The maximum Gasteiger partial charge on any atom is 0.167 e. The van der Waals surface area contributed by atoms with Crippen LogP contribution in [0.5, 0.6) is 28.7 Å². The van der Waals surface area contributed by atoms with Crippen LogP contribution in [0.3, 0.4) is 0 Å². The number of fused-ring (bicyclic) bond motifs is 3. The second-order valence-electron chi connectivity index (χ2n) is 8.06. The number of benzene rings is 3. The van der Waals surface area contributed by atoms with Crippen LogP contribution in [0.25, 0.3) is 23.1 Å². The minimum absolute atomic E-state index is 0.171. The molecule has 162 valence electrons. The molecule has 5 N–H and O–H groups in total. The fraction of sp³-hybridized carbons (Fsp3) is 0.120. The summed E-state index contributed by atoms with van der Waals surface area (Å²) in [4.78, 5) is 0. The van der Waals surface area contributed by atoms with Gasteiger partial charge in [-0.25, -0.2) is 0 Å². The van der Waals surface area contributed by atoms with Gasteiger partial charge in [-0.2, -0.15) is 0 Å². The van der Waals surface area contributed by atoms with Crippen molar-refractivity contribution in [3.8, 4) is 28.7 Å². The first-order valence-corrected chi connectivity index (χ1v) is 10.1. The lowest BCUT2D eigenvalue weighted by Gasteiger charge is -2.25. The first-order valence-electron chi connectivity index (χ1n) is 10.1. The fourth-order valence-corrected chi connectivity index (χ4v) is 4.33. The fourth-order valence-electron chi connectivity index (χ4n) is 4.33. The molecule has 5 rings (SSSR count). The van der Waals surface area contributed by atoms with Gasteiger partial charge in [0, 0.05) is 12.3 Å². The molecule has 1 aliphatic rings. The molecule has 0 spiro atoms. The minimum Gasteiger partial charge on any atom is -0.508 e. The zero-order valence-corrected chi connectivity index (χ0v) is 17.5. The second kappa shape index (κ2) is 6.88. The van der Waals surface area contributed by atoms with Gasteiger partial charge in [-0.1, -0.05) is 18.2 Å². The van der Waals surface area contributed by atoms with Crippen molar-refractivity contribution in [1.82, 2.24) is 4.68 Å². The van der Waals surface area contributed by atoms with E-state index in [0.717, 1.165) is 22.0 Å². The minimum atomic E-state index is -0.240. The van der Waals surface area contributed by atoms with Crippen LogP contribution in [0.1, 0.15) is 22.7 Å². The summed E-state index contributed by atoms with van der Waals surface area (Å²) in [6.07, 6.45) is 3.84. The van der Waals surface area contributed by atoms with Gasteiger partial charge in [0.2, 0.25) is 0 Å². The molecule has 0 bridgehead atoms. The molecule has 3 aromatic carbocycles. The number of aromatic hydroxyl groups is 5. The van der Waals surface area contributed by atoms with Gasteiger partial charge in [-0.3, -0.25) is 4.68 Å². The van der Waals surface area contributed by atoms with Crippen LogP contribution in [0.2, 0.25) is 0 Å². The van der Waals surface area contributed by atoms with Gasteiger partial charge in [0.25, 0.3) is 0 Å². The summed E-state index contributed by atoms with van der Waals surface area (Å²) >= 11 is 0. The van der Waals surface area contributed by atoms with Crippen molar-refractivity contribution < 1.29 is 25.5 Å². The highest BCUT2D eigenvalue weighted by Gasteiger charge is 2.27. The van der Waals surface area contributed by atoms with E-state index in [9.17, 15) is 25.5 Å². The van der Waals surface area contributed by atoms with E-state index in [-0.39, 0.29) is 34.8 Å². The third-order valence-electron chi connectivity index (χ3n) is 6.06. The molecule has 0 radical (unpaired) electrons. The van der Waals surface area contributed by atoms with Gasteiger partial charge in [0.1, 0.15) is 5.75 Å². The van der Waals surface area contributed by atoms with Crippen molar-refractivity contribution in [3.63, 3.8) is 0 Å². The van der Waals surface area contributed by atoms with Gasteiger partial charge in [-0.15, -0.1) is 0 Å². The number of phenolic OH excluding ortho intramolecular Hbond substituents is 5. The van der Waals surface area contributed by atoms with Crippen LogP contribution < -0.4 is 15.6 Å². The highest BCUT2D eigenvalue weighted by molar-refractivity contribution is 5.91. The maximum atomic E-state index is 10.7. The lowest BCUT2D eigenvalue weighted by molar-refractivity contribution is 0.403. The van der Waals surface area contributed by atoms with E-state index in [0.29, 0.717) is 16.1 Å². The summed E-state index contributed by atoms with van der Waals surface area (Å²) in [5.74, 6) is -0.647. The Kier molecular flexibility index (Phi) is 4.23. The number of aromatic nitrogens is 1. The van der Waals surface area contributed by atoms with Crippen LogP contribution in [-0.4, -0.2) is 37.3 Å². The zero-order valence-electron chi connectivity index (χ0n) is 17.5. The molecule has 0 saturated carbocycles. The highest BCUT2D eigenvalue weighted by atomic mass is 16.3. The van der Waals surface area contributed by atoms with E-state index < -0.39 is 0 Å². The number of rotatable bonds is 2. The monoisotopic (exact) mass is 430 g/mol. The first kappa shape index (κ1) is 19.7. The molecule has 1 aromatic heterocycles. The van der Waals surface area contributed by atoms with Gasteiger partial charge in [-0.05, 0) is 66.1 Å². The Balaban J connectivity index is 1.83. The van der Waals surface area contributed by atoms with Crippen molar-refractivity contribution in [3.05, 3.63) is 75.8 Å². The largest absolute Gasteiger partial charge is 0.508 e. The zero-order chi connectivity index (χ0) is 22.7. The van der Waals surface area contributed by atoms with E-state index in [4.69, 9.17) is 0 Å². The molecule has 0 saturated heterocycles. The quantitative estimate of drug-likeness (QED) is 0.313. The van der Waals surface area contributed by atoms with Crippen LogP contribution in [0.15, 0.2) is 48.5 Å². The predicted molar refractivity (Wildman–Crippen MR) is 122 cm³/mol. The summed E-state index contributed by atoms with van der Waals surface area (Å²) in [5, 5.41) is 54.5. The Morgan fingerprint density at radius 2 is 1.56 bits per heavy atom. The Hall–Kier alpha value is -4.26. The van der Waals surface area contributed by atoms with E-state index in [1.54, 1.807) is 18.2 Å². The SMILES string of the molecule is Cc1ccc(/C=c2\c3n(c4ccc(O)c(O)c24)N(C)C(c2ccc(O)c(O)c2)C=3)cc1O. The van der Waals surface area contributed by atoms with E-state index >= 15 is 0 Å². The Morgan fingerprint density at radius 3 is 2.28 bits per heavy atom. The molecule has 1 unspecified atom stereocenters. The third kappa shape index (κ3) is 2.82. The summed E-state index contributed by atoms with van der Waals surface area (Å²) in [6, 6.07) is 13.0. The molecule has 7 heteroatoms. The molecular formula is C25H22N2O5. The Labute approximate surface area is 183 Å². The first-order chi connectivity index (χ1) is 15.3. The van der Waals surface area contributed by atoms with Crippen molar-refractivity contribution in [2.75, 3.05) is 12.1 Å². The van der Waals surface area contributed by atoms with Crippen molar-refractivity contribution in [2.24, 2.45) is 0 Å². The summed E-state index contributed by atoms with van der Waals surface area (Å²) in [7, 11) is 1.88. The normalized spacial score (nSPS) is 15.9. The number of aryl methyl sites for hydroxylation is 1. The molecule has 32 heavy (non-hydrogen) atoms. The van der Waals surface area contributed by atoms with Crippen molar-refractivity contribution in [1.29, 1.82) is 0 Å². The van der Waals surface area contributed by atoms with Crippen LogP contribution in [0, 0.1) is 6.92 Å². The highest BCUT2D eigenvalue weighted by Crippen LogP contribution is 2.35. The average molecular weight is 430 g/mol. The number of hydrogen-bond donors (Lipinski definition) is 5. The summed E-state index contributed by atoms with van der Waals surface area (Å²) < 4.78 is 1.93. The second-order valence-corrected chi connectivity index (χ2v) is 8.06. The number of phenols is 5. The molecule has 1 atom stereocenters. The Bertz CT molecular complexity index is 1520. The standard InChI is InChI=1S/C25H22N2O5/c1-13-3-4-14(10-22(13)30)9-16-19-12-18(15-5-7-20(28)23(31)11-15)26(2)27(19)17-6-8-21(29)25(32)24(16)17/h3-12,18,28-32H,1-2H3/b16-9+. The lowest BCUT2D eigenvalue weighted by Crippen LogP contribution is -2.35. The van der Waals surface area contributed by atoms with E-state index in [1.165, 1.54) is 18.2 Å². The molecule has 0 fully saturated rings. The molecule has 4 aromatic rings. The molecule has 0 amide bonds. The van der Waals surface area contributed by atoms with E-state index in [1.807, 2.05) is 47.9 Å². The van der Waals surface area contributed by atoms with Gasteiger partial charge < -0.3 is 30.5 Å². The summed E-state index contributed by atoms with van der Waals surface area (Å²) in [5.41, 5.74) is 2.98. The van der Waals surface area contributed by atoms with Crippen LogP contribution in [-0.2, 0) is 0 Å². The molecule has 0 aliphatic carbocycles. The van der Waals surface area contributed by atoms with E-state index in [2.05, 4.69) is 0 Å². The maximum absolute atomic E-state index is 10.7. The molecule has 7 nitrogen and oxygen atoms in total. The van der Waals surface area contributed by atoms with Crippen LogP contribution in [0.4, 0.5) is 0 Å². The van der Waals surface area contributed by atoms with Crippen molar-refractivity contribution in [2.45, 2.75) is 13.0 Å². The predicted octanol–water partition coefficient (Wildman–Crippen LogP) is 2.41. The lowest BCUT2D eigenvalue weighted by atomic mass is 10.0. The van der Waals surface area contributed by atoms with Gasteiger partial charge >= 0.3 is 0 Å². The Morgan fingerprint density at radius 1 is 0.812 bits per heavy atom. The average Bonchev–Trinajstić information content (AvgIpc) is 3.25. The number of hydrogen-bond acceptors (Lipinski definition) is 6. The number of nitrogens with zero attached hydrogens (tertiary/aromatic N) is 2.